The third-order valence-corrected chi connectivity index (χ3v) is 6.67. The second kappa shape index (κ2) is 11.9. The van der Waals surface area contributed by atoms with Gasteiger partial charge in [-0.15, -0.1) is 49.0 Å². The number of carbonyl (C=O) groups excluding carboxylic acids is 1. The van der Waals surface area contributed by atoms with E-state index in [1.165, 1.54) is 5.69 Å². The van der Waals surface area contributed by atoms with Gasteiger partial charge in [0.15, 0.2) is 0 Å². The van der Waals surface area contributed by atoms with Crippen LogP contribution in [-0.2, 0) is 4.79 Å². The fourth-order valence-electron chi connectivity index (χ4n) is 4.01. The Kier molecular flexibility index (Phi) is 11.1. The Hall–Kier alpha value is -0.0800. The normalized spacial score (nSPS) is 24.9. The Balaban J connectivity index is 0.00000131. The van der Waals surface area contributed by atoms with Crippen molar-refractivity contribution in [1.29, 1.82) is 0 Å². The van der Waals surface area contributed by atoms with Crippen molar-refractivity contribution in [3.8, 4) is 0 Å². The van der Waals surface area contributed by atoms with Crippen LogP contribution in [0.25, 0.3) is 0 Å². The zero-order valence-corrected chi connectivity index (χ0v) is 19.6. The number of rotatable bonds is 3. The summed E-state index contributed by atoms with van der Waals surface area (Å²) in [7, 11) is 0. The molecule has 3 aliphatic rings. The Labute approximate surface area is 195 Å². The summed E-state index contributed by atoms with van der Waals surface area (Å²) >= 11 is 7.96. The van der Waals surface area contributed by atoms with Crippen LogP contribution in [0, 0.1) is 0 Å². The summed E-state index contributed by atoms with van der Waals surface area (Å²) in [5.41, 5.74) is 1.20. The molecule has 0 radical (unpaired) electrons. The van der Waals surface area contributed by atoms with Crippen molar-refractivity contribution in [1.82, 2.24) is 15.1 Å². The number of anilines is 1. The first kappa shape index (κ1) is 26.0. The topological polar surface area (TPSA) is 38.8 Å². The highest BCUT2D eigenvalue weighted by Gasteiger charge is 2.36. The third-order valence-electron chi connectivity index (χ3n) is 5.47. The first-order valence-corrected chi connectivity index (χ1v) is 10.6. The van der Waals surface area contributed by atoms with Crippen molar-refractivity contribution in [2.45, 2.75) is 18.5 Å². The monoisotopic (exact) mass is 488 g/mol. The average molecular weight is 490 g/mol. The molecule has 1 aromatic carbocycles. The average Bonchev–Trinajstić information content (AvgIpc) is 3.33. The zero-order valence-electron chi connectivity index (χ0n) is 15.6. The quantitative estimate of drug-likeness (QED) is 0.706. The number of carbonyl (C=O) groups is 1. The molecular formula is C18H28Cl4N4OS. The van der Waals surface area contributed by atoms with Crippen molar-refractivity contribution < 1.29 is 4.79 Å². The highest BCUT2D eigenvalue weighted by Crippen LogP contribution is 2.24. The van der Waals surface area contributed by atoms with E-state index < -0.39 is 0 Å². The van der Waals surface area contributed by atoms with Gasteiger partial charge in [-0.2, -0.15) is 0 Å². The SMILES string of the molecule is Cl.Cl.Cl.O=C([C@@H]1C[C@H](N2CCN(c3cccc(Cl)c3)CC2)CN1)N1CCSC1. The van der Waals surface area contributed by atoms with E-state index in [0.29, 0.717) is 11.9 Å². The molecule has 4 rings (SSSR count). The van der Waals surface area contributed by atoms with Gasteiger partial charge in [-0.25, -0.2) is 0 Å². The van der Waals surface area contributed by atoms with E-state index in [1.54, 1.807) is 0 Å². The van der Waals surface area contributed by atoms with Crippen LogP contribution in [0.3, 0.4) is 0 Å². The minimum Gasteiger partial charge on any atom is -0.369 e. The van der Waals surface area contributed by atoms with Crippen molar-refractivity contribution in [2.24, 2.45) is 0 Å². The number of halogens is 4. The van der Waals surface area contributed by atoms with Gasteiger partial charge in [-0.3, -0.25) is 9.69 Å². The second-order valence-corrected chi connectivity index (χ2v) is 8.50. The molecule has 0 spiro atoms. The van der Waals surface area contributed by atoms with Crippen LogP contribution in [0.15, 0.2) is 24.3 Å². The molecule has 0 unspecified atom stereocenters. The first-order chi connectivity index (χ1) is 12.2. The lowest BCUT2D eigenvalue weighted by Gasteiger charge is -2.39. The van der Waals surface area contributed by atoms with Gasteiger partial charge in [-0.05, 0) is 24.6 Å². The number of benzene rings is 1. The maximum atomic E-state index is 12.6. The highest BCUT2D eigenvalue weighted by atomic mass is 35.5. The molecule has 0 aromatic heterocycles. The van der Waals surface area contributed by atoms with Crippen molar-refractivity contribution in [2.75, 3.05) is 55.8 Å². The van der Waals surface area contributed by atoms with Gasteiger partial charge in [0.05, 0.1) is 11.9 Å². The van der Waals surface area contributed by atoms with Crippen LogP contribution in [0.2, 0.25) is 5.02 Å². The number of amides is 1. The predicted octanol–water partition coefficient (Wildman–Crippen LogP) is 2.99. The Morgan fingerprint density at radius 2 is 1.86 bits per heavy atom. The summed E-state index contributed by atoms with van der Waals surface area (Å²) in [6.07, 6.45) is 0.942. The first-order valence-electron chi connectivity index (χ1n) is 9.05. The molecule has 0 saturated carbocycles. The van der Waals surface area contributed by atoms with E-state index in [2.05, 4.69) is 21.2 Å². The number of nitrogens with one attached hydrogen (secondary N) is 1. The smallest absolute Gasteiger partial charge is 0.240 e. The minimum atomic E-state index is 0. The number of hydrogen-bond acceptors (Lipinski definition) is 5. The molecule has 1 amide bonds. The number of thioether (sulfide) groups is 1. The van der Waals surface area contributed by atoms with E-state index >= 15 is 0 Å². The molecule has 0 aliphatic carbocycles. The third kappa shape index (κ3) is 5.97. The molecule has 5 nitrogen and oxygen atoms in total. The zero-order chi connectivity index (χ0) is 17.2. The summed E-state index contributed by atoms with van der Waals surface area (Å²) in [5.74, 6) is 2.23. The fraction of sp³-hybridized carbons (Fsp3) is 0.611. The number of piperazine rings is 1. The molecule has 2 atom stereocenters. The van der Waals surface area contributed by atoms with Crippen LogP contribution in [0.4, 0.5) is 5.69 Å². The largest absolute Gasteiger partial charge is 0.369 e. The highest BCUT2D eigenvalue weighted by molar-refractivity contribution is 7.99. The van der Waals surface area contributed by atoms with Gasteiger partial charge >= 0.3 is 0 Å². The molecule has 28 heavy (non-hydrogen) atoms. The summed E-state index contributed by atoms with van der Waals surface area (Å²) in [4.78, 5) is 19.5. The molecule has 3 aliphatic heterocycles. The number of nitrogens with zero attached hydrogens (tertiary/aromatic N) is 3. The van der Waals surface area contributed by atoms with Gasteiger partial charge in [0.1, 0.15) is 0 Å². The predicted molar refractivity (Wildman–Crippen MR) is 126 cm³/mol. The molecule has 1 aromatic rings. The molecule has 3 fully saturated rings. The fourth-order valence-corrected chi connectivity index (χ4v) is 5.15. The summed E-state index contributed by atoms with van der Waals surface area (Å²) in [5, 5.41) is 4.25. The maximum absolute atomic E-state index is 12.6. The summed E-state index contributed by atoms with van der Waals surface area (Å²) in [6, 6.07) is 8.58. The molecule has 1 N–H and O–H groups in total. The Morgan fingerprint density at radius 1 is 1.11 bits per heavy atom. The van der Waals surface area contributed by atoms with E-state index in [4.69, 9.17) is 11.6 Å². The molecule has 10 heteroatoms. The Morgan fingerprint density at radius 3 is 2.50 bits per heavy atom. The van der Waals surface area contributed by atoms with Crippen LogP contribution in [0.1, 0.15) is 6.42 Å². The van der Waals surface area contributed by atoms with E-state index in [-0.39, 0.29) is 43.3 Å². The van der Waals surface area contributed by atoms with Crippen LogP contribution in [-0.4, -0.2) is 78.7 Å². The minimum absolute atomic E-state index is 0. The van der Waals surface area contributed by atoms with Gasteiger partial charge in [0.2, 0.25) is 5.91 Å². The Bertz CT molecular complexity index is 627. The second-order valence-electron chi connectivity index (χ2n) is 6.99. The lowest BCUT2D eigenvalue weighted by atomic mass is 10.1. The summed E-state index contributed by atoms with van der Waals surface area (Å²) < 4.78 is 0. The van der Waals surface area contributed by atoms with Crippen molar-refractivity contribution in [3.63, 3.8) is 0 Å². The van der Waals surface area contributed by atoms with Gasteiger partial charge < -0.3 is 15.1 Å². The molecular weight excluding hydrogens is 462 g/mol. The van der Waals surface area contributed by atoms with E-state index in [9.17, 15) is 4.79 Å². The summed E-state index contributed by atoms with van der Waals surface area (Å²) in [6.45, 7) is 5.94. The van der Waals surface area contributed by atoms with E-state index in [0.717, 1.165) is 62.3 Å². The maximum Gasteiger partial charge on any atom is 0.240 e. The van der Waals surface area contributed by atoms with Crippen LogP contribution < -0.4 is 10.2 Å². The van der Waals surface area contributed by atoms with Gasteiger partial charge in [0, 0.05) is 61.8 Å². The lowest BCUT2D eigenvalue weighted by molar-refractivity contribution is -0.131. The lowest BCUT2D eigenvalue weighted by Crippen LogP contribution is -2.51. The van der Waals surface area contributed by atoms with Gasteiger partial charge in [-0.1, -0.05) is 17.7 Å². The van der Waals surface area contributed by atoms with E-state index in [1.807, 2.05) is 34.9 Å². The van der Waals surface area contributed by atoms with Gasteiger partial charge in [0.25, 0.3) is 0 Å². The van der Waals surface area contributed by atoms with Crippen molar-refractivity contribution >= 4 is 72.2 Å². The van der Waals surface area contributed by atoms with Crippen LogP contribution >= 0.6 is 60.6 Å². The van der Waals surface area contributed by atoms with Crippen molar-refractivity contribution in [3.05, 3.63) is 29.3 Å². The standard InChI is InChI=1S/C18H25ClN4OS.3ClH/c19-14-2-1-3-15(10-14)21-4-6-22(7-5-21)16-11-17(20-12-16)18(24)23-8-9-25-13-23;;;/h1-3,10,16-17,20H,4-9,11-13H2;3*1H/t16-,17-;;;/m0.../s1. The van der Waals surface area contributed by atoms with Crippen LogP contribution in [0.5, 0.6) is 0 Å². The number of hydrogen-bond donors (Lipinski definition) is 1. The molecule has 0 bridgehead atoms. The molecule has 3 saturated heterocycles. The molecule has 160 valence electrons. The molecule has 3 heterocycles.